The summed E-state index contributed by atoms with van der Waals surface area (Å²) < 4.78 is 0. The molecule has 0 atom stereocenters. The van der Waals surface area contributed by atoms with E-state index in [0.717, 1.165) is 18.0 Å². The van der Waals surface area contributed by atoms with Gasteiger partial charge in [0, 0.05) is 29.2 Å². The third-order valence-electron chi connectivity index (χ3n) is 2.64. The molecule has 0 saturated heterocycles. The molecule has 1 aliphatic rings. The summed E-state index contributed by atoms with van der Waals surface area (Å²) in [6.45, 7) is 4.54. The lowest BCUT2D eigenvalue weighted by Gasteiger charge is -2.31. The van der Waals surface area contributed by atoms with Gasteiger partial charge in [-0.15, -0.1) is 11.8 Å². The smallest absolute Gasteiger partial charge is 0.228 e. The first-order chi connectivity index (χ1) is 7.97. The molecular formula is C13H18N2OS. The Morgan fingerprint density at radius 2 is 2.18 bits per heavy atom. The molecule has 17 heavy (non-hydrogen) atoms. The van der Waals surface area contributed by atoms with E-state index in [1.807, 2.05) is 36.9 Å². The fourth-order valence-electron chi connectivity index (χ4n) is 1.91. The van der Waals surface area contributed by atoms with Crippen LogP contribution >= 0.6 is 11.8 Å². The number of para-hydroxylation sites is 1. The van der Waals surface area contributed by atoms with Crippen molar-refractivity contribution < 1.29 is 4.79 Å². The molecule has 1 aliphatic heterocycles. The number of fused-ring (bicyclic) bond motifs is 1. The highest BCUT2D eigenvalue weighted by atomic mass is 32.2. The van der Waals surface area contributed by atoms with Gasteiger partial charge in [0.1, 0.15) is 0 Å². The molecule has 1 aromatic rings. The maximum absolute atomic E-state index is 12.2. The number of rotatable bonds is 2. The minimum absolute atomic E-state index is 0.116. The molecule has 92 valence electrons. The molecule has 0 fully saturated rings. The van der Waals surface area contributed by atoms with Crippen LogP contribution in [0.25, 0.3) is 0 Å². The van der Waals surface area contributed by atoms with Crippen LogP contribution in [0.4, 0.5) is 5.69 Å². The van der Waals surface area contributed by atoms with Crippen molar-refractivity contribution in [3.05, 3.63) is 24.3 Å². The molecule has 1 heterocycles. The lowest BCUT2D eigenvalue weighted by molar-refractivity contribution is -0.119. The number of benzene rings is 1. The van der Waals surface area contributed by atoms with E-state index in [1.165, 1.54) is 4.90 Å². The van der Waals surface area contributed by atoms with Crippen molar-refractivity contribution in [2.24, 2.45) is 5.73 Å². The van der Waals surface area contributed by atoms with Crippen molar-refractivity contribution >= 4 is 23.4 Å². The van der Waals surface area contributed by atoms with Gasteiger partial charge < -0.3 is 10.6 Å². The Labute approximate surface area is 106 Å². The predicted molar refractivity (Wildman–Crippen MR) is 72.4 cm³/mol. The van der Waals surface area contributed by atoms with Crippen LogP contribution in [0.15, 0.2) is 29.2 Å². The van der Waals surface area contributed by atoms with Crippen LogP contribution in [0.2, 0.25) is 0 Å². The van der Waals surface area contributed by atoms with E-state index < -0.39 is 5.54 Å². The van der Waals surface area contributed by atoms with Crippen LogP contribution in [-0.4, -0.2) is 23.7 Å². The van der Waals surface area contributed by atoms with Gasteiger partial charge in [0.05, 0.1) is 5.69 Å². The number of thioether (sulfide) groups is 1. The Balaban J connectivity index is 2.21. The molecule has 4 heteroatoms. The SMILES string of the molecule is CC(C)(N)CC(=O)N1CCSc2ccccc21. The van der Waals surface area contributed by atoms with Gasteiger partial charge in [0.2, 0.25) is 5.91 Å². The fourth-order valence-corrected chi connectivity index (χ4v) is 2.91. The molecule has 0 spiro atoms. The number of nitrogens with two attached hydrogens (primary N) is 1. The Bertz CT molecular complexity index is 426. The van der Waals surface area contributed by atoms with Crippen LogP contribution < -0.4 is 10.6 Å². The third kappa shape index (κ3) is 3.01. The molecule has 1 amide bonds. The summed E-state index contributed by atoms with van der Waals surface area (Å²) in [6.07, 6.45) is 0.381. The number of hydrogen-bond donors (Lipinski definition) is 1. The second kappa shape index (κ2) is 4.70. The second-order valence-corrected chi connectivity index (χ2v) is 6.16. The Hall–Kier alpha value is -1.00. The number of amides is 1. The largest absolute Gasteiger partial charge is 0.325 e. The highest BCUT2D eigenvalue weighted by molar-refractivity contribution is 7.99. The average molecular weight is 250 g/mol. The summed E-state index contributed by atoms with van der Waals surface area (Å²) in [5, 5.41) is 0. The molecule has 2 N–H and O–H groups in total. The normalized spacial score (nSPS) is 15.6. The van der Waals surface area contributed by atoms with Gasteiger partial charge in [-0.3, -0.25) is 4.79 Å². The fraction of sp³-hybridized carbons (Fsp3) is 0.462. The summed E-state index contributed by atoms with van der Waals surface area (Å²) in [4.78, 5) is 15.3. The molecule has 1 aromatic carbocycles. The molecule has 0 aromatic heterocycles. The third-order valence-corrected chi connectivity index (χ3v) is 3.68. The van der Waals surface area contributed by atoms with E-state index in [-0.39, 0.29) is 5.91 Å². The van der Waals surface area contributed by atoms with Crippen LogP contribution in [0.5, 0.6) is 0 Å². The van der Waals surface area contributed by atoms with Crippen molar-refractivity contribution in [1.29, 1.82) is 0 Å². The lowest BCUT2D eigenvalue weighted by Crippen LogP contribution is -2.43. The van der Waals surface area contributed by atoms with Gasteiger partial charge in [-0.25, -0.2) is 0 Å². The molecule has 0 saturated carbocycles. The second-order valence-electron chi connectivity index (χ2n) is 5.03. The number of anilines is 1. The van der Waals surface area contributed by atoms with Crippen LogP contribution in [0.3, 0.4) is 0 Å². The number of nitrogens with zero attached hydrogens (tertiary/aromatic N) is 1. The lowest BCUT2D eigenvalue weighted by atomic mass is 10.0. The van der Waals surface area contributed by atoms with Crippen LogP contribution in [0.1, 0.15) is 20.3 Å². The topological polar surface area (TPSA) is 46.3 Å². The van der Waals surface area contributed by atoms with E-state index in [9.17, 15) is 4.79 Å². The summed E-state index contributed by atoms with van der Waals surface area (Å²) >= 11 is 1.80. The minimum atomic E-state index is -0.448. The molecule has 3 nitrogen and oxygen atoms in total. The van der Waals surface area contributed by atoms with E-state index in [2.05, 4.69) is 6.07 Å². The number of carbonyl (C=O) groups excluding carboxylic acids is 1. The number of hydrogen-bond acceptors (Lipinski definition) is 3. The quantitative estimate of drug-likeness (QED) is 0.875. The van der Waals surface area contributed by atoms with E-state index in [0.29, 0.717) is 6.42 Å². The highest BCUT2D eigenvalue weighted by Crippen LogP contribution is 2.34. The molecule has 0 radical (unpaired) electrons. The zero-order chi connectivity index (χ0) is 12.5. The Morgan fingerprint density at radius 3 is 2.88 bits per heavy atom. The van der Waals surface area contributed by atoms with E-state index in [4.69, 9.17) is 5.73 Å². The number of carbonyl (C=O) groups is 1. The van der Waals surface area contributed by atoms with Crippen LogP contribution in [0, 0.1) is 0 Å². The maximum atomic E-state index is 12.2. The first-order valence-corrected chi connectivity index (χ1v) is 6.77. The minimum Gasteiger partial charge on any atom is -0.325 e. The Kier molecular flexibility index (Phi) is 3.45. The van der Waals surface area contributed by atoms with E-state index in [1.54, 1.807) is 11.8 Å². The van der Waals surface area contributed by atoms with Gasteiger partial charge >= 0.3 is 0 Å². The zero-order valence-electron chi connectivity index (χ0n) is 10.3. The maximum Gasteiger partial charge on any atom is 0.228 e. The first kappa shape index (κ1) is 12.5. The van der Waals surface area contributed by atoms with Crippen LogP contribution in [-0.2, 0) is 4.79 Å². The zero-order valence-corrected chi connectivity index (χ0v) is 11.1. The highest BCUT2D eigenvalue weighted by Gasteiger charge is 2.26. The van der Waals surface area contributed by atoms with Crippen molar-refractivity contribution in [2.45, 2.75) is 30.7 Å². The van der Waals surface area contributed by atoms with Gasteiger partial charge in [0.15, 0.2) is 0 Å². The van der Waals surface area contributed by atoms with Gasteiger partial charge in [-0.05, 0) is 26.0 Å². The summed E-state index contributed by atoms with van der Waals surface area (Å²) in [7, 11) is 0. The molecule has 2 rings (SSSR count). The average Bonchev–Trinajstić information content (AvgIpc) is 2.26. The van der Waals surface area contributed by atoms with Crippen molar-refractivity contribution in [1.82, 2.24) is 0 Å². The standard InChI is InChI=1S/C13H18N2OS/c1-13(2,14)9-12(16)15-7-8-17-11-6-4-3-5-10(11)15/h3-6H,7-9,14H2,1-2H3. The monoisotopic (exact) mass is 250 g/mol. The summed E-state index contributed by atoms with van der Waals surface area (Å²) in [5.41, 5.74) is 6.49. The molecule has 0 unspecified atom stereocenters. The Morgan fingerprint density at radius 1 is 1.47 bits per heavy atom. The molecular weight excluding hydrogens is 232 g/mol. The van der Waals surface area contributed by atoms with Crippen molar-refractivity contribution in [3.63, 3.8) is 0 Å². The molecule has 0 aliphatic carbocycles. The summed E-state index contributed by atoms with van der Waals surface area (Å²) in [6, 6.07) is 8.04. The van der Waals surface area contributed by atoms with Crippen molar-refractivity contribution in [2.75, 3.05) is 17.2 Å². The van der Waals surface area contributed by atoms with Crippen molar-refractivity contribution in [3.8, 4) is 0 Å². The summed E-state index contributed by atoms with van der Waals surface area (Å²) in [5.74, 6) is 1.07. The molecule has 0 bridgehead atoms. The van der Waals surface area contributed by atoms with E-state index >= 15 is 0 Å². The van der Waals surface area contributed by atoms with Gasteiger partial charge in [-0.2, -0.15) is 0 Å². The predicted octanol–water partition coefficient (Wildman–Crippen LogP) is 2.25. The van der Waals surface area contributed by atoms with Gasteiger partial charge in [-0.1, -0.05) is 12.1 Å². The van der Waals surface area contributed by atoms with Gasteiger partial charge in [0.25, 0.3) is 0 Å². The first-order valence-electron chi connectivity index (χ1n) is 5.78.